The molecule has 178 valence electrons. The van der Waals surface area contributed by atoms with E-state index in [4.69, 9.17) is 5.73 Å². The molecule has 33 heavy (non-hydrogen) atoms. The summed E-state index contributed by atoms with van der Waals surface area (Å²) in [5.74, 6) is 0.238. The lowest BCUT2D eigenvalue weighted by Gasteiger charge is -2.70. The van der Waals surface area contributed by atoms with Gasteiger partial charge < -0.3 is 10.8 Å². The van der Waals surface area contributed by atoms with Crippen LogP contribution in [0, 0.1) is 33.0 Å². The zero-order chi connectivity index (χ0) is 24.2. The standard InChI is InChI=1S/C30H41NO2/c1-18-20-8-9-23-28(5,21(20)16-22(32)25(18)33)13-15-30(7)24-17-27(4,19(2)31)11-10-26(24,3)12-14-29(23,30)6/h8-9,16,24,33H,2,10-15,17,31H2,1,3-7H3/t24-,26-,27-,28+,29-,30+/m1/s1. The SMILES string of the molecule is C=C(N)[C@]1(C)CC[C@]2(C)CC[C@]3(C)C4=CC=C5C(=CC(=O)C(O)=C5C)[C@]4(C)CC[C@@]3(C)[C@@H]2C1. The molecule has 0 saturated heterocycles. The first-order valence-electron chi connectivity index (χ1n) is 12.8. The molecule has 0 aromatic rings. The molecule has 3 N–H and O–H groups in total. The molecule has 6 atom stereocenters. The van der Waals surface area contributed by atoms with Crippen molar-refractivity contribution in [3.63, 3.8) is 0 Å². The number of allylic oxidation sites excluding steroid dienone is 8. The van der Waals surface area contributed by atoms with E-state index >= 15 is 0 Å². The molecule has 0 amide bonds. The van der Waals surface area contributed by atoms with E-state index < -0.39 is 0 Å². The van der Waals surface area contributed by atoms with Crippen LogP contribution in [0.5, 0.6) is 0 Å². The van der Waals surface area contributed by atoms with E-state index in [-0.39, 0.29) is 33.2 Å². The van der Waals surface area contributed by atoms with Gasteiger partial charge >= 0.3 is 0 Å². The average molecular weight is 448 g/mol. The summed E-state index contributed by atoms with van der Waals surface area (Å²) in [4.78, 5) is 12.6. The van der Waals surface area contributed by atoms with Gasteiger partial charge in [-0.3, -0.25) is 4.79 Å². The third-order valence-corrected chi connectivity index (χ3v) is 11.6. The summed E-state index contributed by atoms with van der Waals surface area (Å²) >= 11 is 0. The Morgan fingerprint density at radius 3 is 2.36 bits per heavy atom. The molecule has 3 fully saturated rings. The van der Waals surface area contributed by atoms with E-state index in [1.54, 1.807) is 6.08 Å². The van der Waals surface area contributed by atoms with Crippen LogP contribution in [0.25, 0.3) is 0 Å². The van der Waals surface area contributed by atoms with Crippen molar-refractivity contribution in [2.24, 2.45) is 38.7 Å². The molecule has 5 aliphatic rings. The third kappa shape index (κ3) is 2.66. The second-order valence-corrected chi connectivity index (χ2v) is 13.1. The fraction of sp³-hybridized carbons (Fsp3) is 0.633. The molecule has 0 aromatic heterocycles. The second-order valence-electron chi connectivity index (χ2n) is 13.1. The molecule has 3 heteroatoms. The number of fused-ring (bicyclic) bond motifs is 7. The predicted molar refractivity (Wildman–Crippen MR) is 134 cm³/mol. The van der Waals surface area contributed by atoms with Crippen LogP contribution in [-0.2, 0) is 4.79 Å². The van der Waals surface area contributed by atoms with Gasteiger partial charge in [-0.1, -0.05) is 58.9 Å². The lowest BCUT2D eigenvalue weighted by atomic mass is 9.34. The van der Waals surface area contributed by atoms with E-state index in [1.807, 2.05) is 6.92 Å². The van der Waals surface area contributed by atoms with Gasteiger partial charge in [0, 0.05) is 22.1 Å². The Bertz CT molecular complexity index is 1100. The van der Waals surface area contributed by atoms with Crippen LogP contribution in [0.2, 0.25) is 0 Å². The third-order valence-electron chi connectivity index (χ3n) is 11.6. The number of hydrogen-bond donors (Lipinski definition) is 2. The maximum absolute atomic E-state index is 12.6. The minimum atomic E-state index is -0.249. The van der Waals surface area contributed by atoms with Gasteiger partial charge in [0.25, 0.3) is 0 Å². The number of hydrogen-bond acceptors (Lipinski definition) is 3. The van der Waals surface area contributed by atoms with Gasteiger partial charge in [0.15, 0.2) is 5.76 Å². The van der Waals surface area contributed by atoms with Crippen LogP contribution in [0.15, 0.2) is 58.6 Å². The summed E-state index contributed by atoms with van der Waals surface area (Å²) in [5.41, 5.74) is 12.0. The first-order valence-corrected chi connectivity index (χ1v) is 12.8. The van der Waals surface area contributed by atoms with Gasteiger partial charge in [-0.25, -0.2) is 0 Å². The number of ketones is 1. The van der Waals surface area contributed by atoms with Crippen molar-refractivity contribution in [3.05, 3.63) is 58.6 Å². The fourth-order valence-corrected chi connectivity index (χ4v) is 8.75. The van der Waals surface area contributed by atoms with Crippen LogP contribution in [0.1, 0.15) is 86.5 Å². The molecular weight excluding hydrogens is 406 g/mol. The Morgan fingerprint density at radius 1 is 1.03 bits per heavy atom. The normalized spacial score (nSPS) is 46.8. The van der Waals surface area contributed by atoms with Crippen LogP contribution < -0.4 is 5.73 Å². The molecule has 0 heterocycles. The topological polar surface area (TPSA) is 63.3 Å². The second kappa shape index (κ2) is 6.55. The summed E-state index contributed by atoms with van der Waals surface area (Å²) in [6.45, 7) is 18.3. The van der Waals surface area contributed by atoms with E-state index in [0.717, 1.165) is 42.5 Å². The van der Waals surface area contributed by atoms with Crippen molar-refractivity contribution in [2.75, 3.05) is 0 Å². The highest BCUT2D eigenvalue weighted by atomic mass is 16.3. The van der Waals surface area contributed by atoms with Gasteiger partial charge in [-0.05, 0) is 91.3 Å². The van der Waals surface area contributed by atoms with Crippen LogP contribution >= 0.6 is 0 Å². The van der Waals surface area contributed by atoms with Crippen LogP contribution in [0.4, 0.5) is 0 Å². The smallest absolute Gasteiger partial charge is 0.220 e. The molecule has 0 bridgehead atoms. The van der Waals surface area contributed by atoms with Gasteiger partial charge in [0.05, 0.1) is 0 Å². The predicted octanol–water partition coefficient (Wildman–Crippen LogP) is 7.09. The fourth-order valence-electron chi connectivity index (χ4n) is 8.75. The maximum Gasteiger partial charge on any atom is 0.220 e. The van der Waals surface area contributed by atoms with E-state index in [9.17, 15) is 9.90 Å². The van der Waals surface area contributed by atoms with Crippen molar-refractivity contribution in [1.82, 2.24) is 0 Å². The Balaban J connectivity index is 1.64. The van der Waals surface area contributed by atoms with E-state index in [2.05, 4.69) is 53.3 Å². The summed E-state index contributed by atoms with van der Waals surface area (Å²) in [7, 11) is 0. The lowest BCUT2D eigenvalue weighted by molar-refractivity contribution is -0.157. The quantitative estimate of drug-likeness (QED) is 0.451. The number of aliphatic hydroxyl groups excluding tert-OH is 1. The number of carbonyl (C=O) groups is 1. The Kier molecular flexibility index (Phi) is 4.51. The summed E-state index contributed by atoms with van der Waals surface area (Å²) in [6, 6.07) is 0. The van der Waals surface area contributed by atoms with E-state index in [1.165, 1.54) is 24.8 Å². The van der Waals surface area contributed by atoms with Crippen LogP contribution in [-0.4, -0.2) is 10.9 Å². The highest BCUT2D eigenvalue weighted by Gasteiger charge is 2.66. The maximum atomic E-state index is 12.6. The molecule has 3 nitrogen and oxygen atoms in total. The summed E-state index contributed by atoms with van der Waals surface area (Å²) in [6.07, 6.45) is 14.3. The first-order chi connectivity index (χ1) is 15.2. The van der Waals surface area contributed by atoms with Crippen molar-refractivity contribution in [3.8, 4) is 0 Å². The van der Waals surface area contributed by atoms with Gasteiger partial charge in [-0.2, -0.15) is 0 Å². The lowest BCUT2D eigenvalue weighted by Crippen LogP contribution is -2.62. The summed E-state index contributed by atoms with van der Waals surface area (Å²) < 4.78 is 0. The Morgan fingerprint density at radius 2 is 1.70 bits per heavy atom. The largest absolute Gasteiger partial charge is 0.504 e. The molecule has 0 aromatic carbocycles. The van der Waals surface area contributed by atoms with Gasteiger partial charge in [0.1, 0.15) is 0 Å². The number of carbonyl (C=O) groups excluding carboxylic acids is 1. The van der Waals surface area contributed by atoms with Crippen molar-refractivity contribution >= 4 is 5.78 Å². The summed E-state index contributed by atoms with van der Waals surface area (Å²) in [5, 5.41) is 10.3. The molecular formula is C30H41NO2. The highest BCUT2D eigenvalue weighted by molar-refractivity contribution is 6.06. The van der Waals surface area contributed by atoms with E-state index in [0.29, 0.717) is 16.9 Å². The zero-order valence-corrected chi connectivity index (χ0v) is 21.4. The van der Waals surface area contributed by atoms with Gasteiger partial charge in [0.2, 0.25) is 5.78 Å². The molecule has 5 rings (SSSR count). The number of rotatable bonds is 1. The highest BCUT2D eigenvalue weighted by Crippen LogP contribution is 2.75. The van der Waals surface area contributed by atoms with Crippen molar-refractivity contribution < 1.29 is 9.90 Å². The van der Waals surface area contributed by atoms with Crippen LogP contribution in [0.3, 0.4) is 0 Å². The molecule has 5 aliphatic carbocycles. The minimum absolute atomic E-state index is 0.0119. The molecule has 0 spiro atoms. The Hall–Kier alpha value is -2.03. The monoisotopic (exact) mass is 447 g/mol. The molecule has 3 saturated carbocycles. The molecule has 0 aliphatic heterocycles. The molecule has 0 unspecified atom stereocenters. The van der Waals surface area contributed by atoms with Crippen molar-refractivity contribution in [1.29, 1.82) is 0 Å². The number of nitrogens with two attached hydrogens (primary N) is 1. The Labute approximate surface area is 199 Å². The number of aliphatic hydroxyl groups is 1. The molecule has 0 radical (unpaired) electrons. The zero-order valence-electron chi connectivity index (χ0n) is 21.4. The first kappa shape index (κ1) is 22.7. The van der Waals surface area contributed by atoms with Crippen molar-refractivity contribution in [2.45, 2.75) is 86.5 Å². The minimum Gasteiger partial charge on any atom is -0.504 e. The average Bonchev–Trinajstić information content (AvgIpc) is 2.75. The van der Waals surface area contributed by atoms with Gasteiger partial charge in [-0.15, -0.1) is 0 Å².